The van der Waals surface area contributed by atoms with E-state index in [-0.39, 0.29) is 13.2 Å². The van der Waals surface area contributed by atoms with Gasteiger partial charge in [0.2, 0.25) is 5.95 Å². The fraction of sp³-hybridized carbons (Fsp3) is 0.167. The van der Waals surface area contributed by atoms with Crippen LogP contribution >= 0.6 is 0 Å². The number of aliphatic hydroxyl groups excluding tert-OH is 1. The smallest absolute Gasteiger partial charge is 0.225 e. The first-order valence-electron chi connectivity index (χ1n) is 7.98. The maximum absolute atomic E-state index is 13.3. The van der Waals surface area contributed by atoms with Crippen LogP contribution in [0.4, 0.5) is 20.5 Å². The molecule has 0 bridgehead atoms. The topological polar surface area (TPSA) is 83.0 Å². The van der Waals surface area contributed by atoms with Crippen LogP contribution in [-0.2, 0) is 6.54 Å². The second-order valence-corrected chi connectivity index (χ2v) is 5.46. The maximum atomic E-state index is 13.3. The minimum atomic E-state index is -0.895. The highest BCUT2D eigenvalue weighted by molar-refractivity contribution is 5.63. The Hall–Kier alpha value is -3.13. The van der Waals surface area contributed by atoms with Crippen molar-refractivity contribution in [3.63, 3.8) is 0 Å². The van der Waals surface area contributed by atoms with Gasteiger partial charge in [0.15, 0.2) is 11.6 Å². The third-order valence-electron chi connectivity index (χ3n) is 3.54. The average Bonchev–Trinajstić information content (AvgIpc) is 2.68. The van der Waals surface area contributed by atoms with Gasteiger partial charge in [-0.05, 0) is 29.8 Å². The number of pyridine rings is 1. The summed E-state index contributed by atoms with van der Waals surface area (Å²) in [5.74, 6) is -0.935. The summed E-state index contributed by atoms with van der Waals surface area (Å²) < 4.78 is 26.3. The van der Waals surface area contributed by atoms with Gasteiger partial charge in [-0.2, -0.15) is 4.98 Å². The molecule has 0 radical (unpaired) electrons. The van der Waals surface area contributed by atoms with Crippen LogP contribution in [0, 0.1) is 11.6 Å². The second-order valence-electron chi connectivity index (χ2n) is 5.46. The molecule has 6 nitrogen and oxygen atoms in total. The SMILES string of the molecule is OCCNc1nc(NCc2ccc(F)c(F)c2)cc(-c2cccnc2)n1. The Balaban J connectivity index is 1.83. The number of rotatable bonds is 7. The van der Waals surface area contributed by atoms with Gasteiger partial charge in [0.25, 0.3) is 0 Å². The zero-order chi connectivity index (χ0) is 18.4. The van der Waals surface area contributed by atoms with Crippen LogP contribution in [0.2, 0.25) is 0 Å². The highest BCUT2D eigenvalue weighted by Gasteiger charge is 2.08. The molecule has 0 fully saturated rings. The number of nitrogens with zero attached hydrogens (tertiary/aromatic N) is 3. The van der Waals surface area contributed by atoms with Crippen LogP contribution < -0.4 is 10.6 Å². The monoisotopic (exact) mass is 357 g/mol. The summed E-state index contributed by atoms with van der Waals surface area (Å²) in [4.78, 5) is 12.8. The lowest BCUT2D eigenvalue weighted by Crippen LogP contribution is -2.11. The van der Waals surface area contributed by atoms with E-state index in [4.69, 9.17) is 5.11 Å². The van der Waals surface area contributed by atoms with Crippen LogP contribution in [0.5, 0.6) is 0 Å². The molecular formula is C18H17F2N5O. The number of anilines is 2. The van der Waals surface area contributed by atoms with Gasteiger partial charge < -0.3 is 15.7 Å². The van der Waals surface area contributed by atoms with Crippen molar-refractivity contribution in [2.24, 2.45) is 0 Å². The van der Waals surface area contributed by atoms with Gasteiger partial charge in [0.1, 0.15) is 5.82 Å². The molecular weight excluding hydrogens is 340 g/mol. The third kappa shape index (κ3) is 4.48. The highest BCUT2D eigenvalue weighted by atomic mass is 19.2. The molecule has 2 aromatic heterocycles. The van der Waals surface area contributed by atoms with Crippen molar-refractivity contribution in [1.82, 2.24) is 15.0 Å². The van der Waals surface area contributed by atoms with Gasteiger partial charge in [-0.25, -0.2) is 13.8 Å². The van der Waals surface area contributed by atoms with Crippen LogP contribution in [0.3, 0.4) is 0 Å². The molecule has 0 spiro atoms. The molecule has 3 aromatic rings. The molecule has 0 aliphatic carbocycles. The average molecular weight is 357 g/mol. The predicted octanol–water partition coefficient (Wildman–Crippen LogP) is 2.83. The normalized spacial score (nSPS) is 10.6. The largest absolute Gasteiger partial charge is 0.395 e. The Morgan fingerprint density at radius 3 is 2.62 bits per heavy atom. The Bertz CT molecular complexity index is 877. The molecule has 0 amide bonds. The fourth-order valence-electron chi connectivity index (χ4n) is 2.29. The number of aliphatic hydroxyl groups is 1. The summed E-state index contributed by atoms with van der Waals surface area (Å²) in [5.41, 5.74) is 2.02. The van der Waals surface area contributed by atoms with E-state index < -0.39 is 11.6 Å². The van der Waals surface area contributed by atoms with Crippen molar-refractivity contribution in [1.29, 1.82) is 0 Å². The predicted molar refractivity (Wildman–Crippen MR) is 94.5 cm³/mol. The van der Waals surface area contributed by atoms with Gasteiger partial charge in [-0.1, -0.05) is 6.07 Å². The maximum Gasteiger partial charge on any atom is 0.225 e. The zero-order valence-corrected chi connectivity index (χ0v) is 13.8. The molecule has 0 saturated heterocycles. The molecule has 3 N–H and O–H groups in total. The summed E-state index contributed by atoms with van der Waals surface area (Å²) in [6.07, 6.45) is 3.34. The molecule has 0 aliphatic rings. The third-order valence-corrected chi connectivity index (χ3v) is 3.54. The van der Waals surface area contributed by atoms with E-state index in [0.717, 1.165) is 17.7 Å². The molecule has 26 heavy (non-hydrogen) atoms. The van der Waals surface area contributed by atoms with E-state index in [1.807, 2.05) is 6.07 Å². The van der Waals surface area contributed by atoms with Crippen molar-refractivity contribution in [2.75, 3.05) is 23.8 Å². The number of nitrogens with one attached hydrogen (secondary N) is 2. The summed E-state index contributed by atoms with van der Waals surface area (Å²) in [6.45, 7) is 0.511. The standard InChI is InChI=1S/C18H17F2N5O/c19-14-4-3-12(8-15(14)20)10-23-17-9-16(13-2-1-5-21-11-13)24-18(25-17)22-6-7-26/h1-5,8-9,11,26H,6-7,10H2,(H2,22,23,24,25). The van der Waals surface area contributed by atoms with Crippen molar-refractivity contribution in [3.05, 3.63) is 66.0 Å². The van der Waals surface area contributed by atoms with E-state index in [2.05, 4.69) is 25.6 Å². The Kier molecular flexibility index (Phi) is 5.65. The number of aromatic nitrogens is 3. The van der Waals surface area contributed by atoms with Crippen LogP contribution in [0.15, 0.2) is 48.8 Å². The first-order chi connectivity index (χ1) is 12.7. The van der Waals surface area contributed by atoms with Gasteiger partial charge in [-0.15, -0.1) is 0 Å². The molecule has 3 rings (SSSR count). The molecule has 134 valence electrons. The van der Waals surface area contributed by atoms with E-state index in [1.165, 1.54) is 6.07 Å². The number of halogens is 2. The summed E-state index contributed by atoms with van der Waals surface area (Å²) in [7, 11) is 0. The Morgan fingerprint density at radius 1 is 1.00 bits per heavy atom. The van der Waals surface area contributed by atoms with Crippen molar-refractivity contribution < 1.29 is 13.9 Å². The zero-order valence-electron chi connectivity index (χ0n) is 13.8. The summed E-state index contributed by atoms with van der Waals surface area (Å²) in [6, 6.07) is 9.12. The van der Waals surface area contributed by atoms with E-state index in [9.17, 15) is 8.78 Å². The minimum Gasteiger partial charge on any atom is -0.395 e. The molecule has 0 atom stereocenters. The van der Waals surface area contributed by atoms with Crippen molar-refractivity contribution >= 4 is 11.8 Å². The van der Waals surface area contributed by atoms with E-state index in [1.54, 1.807) is 24.5 Å². The Morgan fingerprint density at radius 2 is 1.88 bits per heavy atom. The highest BCUT2D eigenvalue weighted by Crippen LogP contribution is 2.21. The number of benzene rings is 1. The van der Waals surface area contributed by atoms with Crippen LogP contribution in [0.1, 0.15) is 5.56 Å². The summed E-state index contributed by atoms with van der Waals surface area (Å²) >= 11 is 0. The van der Waals surface area contributed by atoms with Crippen molar-refractivity contribution in [2.45, 2.75) is 6.54 Å². The molecule has 0 saturated carbocycles. The first kappa shape index (κ1) is 17.7. The number of hydrogen-bond acceptors (Lipinski definition) is 6. The lowest BCUT2D eigenvalue weighted by molar-refractivity contribution is 0.311. The quantitative estimate of drug-likeness (QED) is 0.603. The van der Waals surface area contributed by atoms with Crippen LogP contribution in [0.25, 0.3) is 11.3 Å². The lowest BCUT2D eigenvalue weighted by Gasteiger charge is -2.11. The van der Waals surface area contributed by atoms with E-state index in [0.29, 0.717) is 29.6 Å². The molecule has 0 unspecified atom stereocenters. The van der Waals surface area contributed by atoms with Gasteiger partial charge >= 0.3 is 0 Å². The lowest BCUT2D eigenvalue weighted by atomic mass is 10.2. The van der Waals surface area contributed by atoms with Crippen molar-refractivity contribution in [3.8, 4) is 11.3 Å². The first-order valence-corrected chi connectivity index (χ1v) is 7.98. The van der Waals surface area contributed by atoms with Gasteiger partial charge in [0, 0.05) is 37.1 Å². The van der Waals surface area contributed by atoms with Crippen LogP contribution in [-0.4, -0.2) is 33.2 Å². The summed E-state index contributed by atoms with van der Waals surface area (Å²) in [5, 5.41) is 15.0. The van der Waals surface area contributed by atoms with E-state index >= 15 is 0 Å². The second kappa shape index (κ2) is 8.30. The van der Waals surface area contributed by atoms with Gasteiger partial charge in [0.05, 0.1) is 12.3 Å². The minimum absolute atomic E-state index is 0.0574. The molecule has 1 aromatic carbocycles. The fourth-order valence-corrected chi connectivity index (χ4v) is 2.29. The molecule has 2 heterocycles. The van der Waals surface area contributed by atoms with Gasteiger partial charge in [-0.3, -0.25) is 4.98 Å². The Labute approximate surface area is 149 Å². The molecule has 0 aliphatic heterocycles. The molecule has 8 heteroatoms. The number of hydrogen-bond donors (Lipinski definition) is 3.